The van der Waals surface area contributed by atoms with Gasteiger partial charge in [-0.25, -0.2) is 0 Å². The van der Waals surface area contributed by atoms with E-state index in [0.717, 1.165) is 16.8 Å². The van der Waals surface area contributed by atoms with Gasteiger partial charge in [-0.15, -0.1) is 0 Å². The van der Waals surface area contributed by atoms with Crippen molar-refractivity contribution >= 4 is 10.9 Å². The fraction of sp³-hybridized carbons (Fsp3) is 0.267. The molecular weight excluding hydrogens is 222 g/mol. The molecule has 0 atom stereocenters. The van der Waals surface area contributed by atoms with Crippen molar-refractivity contribution in [3.63, 3.8) is 0 Å². The SMILES string of the molecule is Cc1[c]cc(C2CC2)n1-c1ccc2cn[nH]c2c1. The topological polar surface area (TPSA) is 33.6 Å². The summed E-state index contributed by atoms with van der Waals surface area (Å²) < 4.78 is 2.32. The Morgan fingerprint density at radius 1 is 1.39 bits per heavy atom. The lowest BCUT2D eigenvalue weighted by Gasteiger charge is -2.11. The van der Waals surface area contributed by atoms with Crippen LogP contribution in [0.1, 0.15) is 30.1 Å². The molecule has 0 saturated heterocycles. The van der Waals surface area contributed by atoms with Crippen LogP contribution in [0.25, 0.3) is 16.6 Å². The van der Waals surface area contributed by atoms with Gasteiger partial charge in [-0.2, -0.15) is 5.10 Å². The van der Waals surface area contributed by atoms with Crippen LogP contribution >= 0.6 is 0 Å². The quantitative estimate of drug-likeness (QED) is 0.727. The Morgan fingerprint density at radius 3 is 3.11 bits per heavy atom. The Kier molecular flexibility index (Phi) is 1.92. The number of aromatic amines is 1. The van der Waals surface area contributed by atoms with Crippen molar-refractivity contribution in [2.24, 2.45) is 0 Å². The van der Waals surface area contributed by atoms with Crippen molar-refractivity contribution in [1.82, 2.24) is 14.8 Å². The van der Waals surface area contributed by atoms with Crippen molar-refractivity contribution in [2.45, 2.75) is 25.7 Å². The summed E-state index contributed by atoms with van der Waals surface area (Å²) in [6.45, 7) is 2.11. The largest absolute Gasteiger partial charge is 0.317 e. The van der Waals surface area contributed by atoms with Gasteiger partial charge in [0.15, 0.2) is 0 Å². The highest BCUT2D eigenvalue weighted by molar-refractivity contribution is 5.80. The highest BCUT2D eigenvalue weighted by Crippen LogP contribution is 2.41. The number of rotatable bonds is 2. The smallest absolute Gasteiger partial charge is 0.0671 e. The molecular formula is C15H14N3. The molecule has 1 radical (unpaired) electrons. The Labute approximate surface area is 105 Å². The van der Waals surface area contributed by atoms with Gasteiger partial charge in [0, 0.05) is 28.5 Å². The number of benzene rings is 1. The predicted octanol–water partition coefficient (Wildman–Crippen LogP) is 3.34. The number of aromatic nitrogens is 3. The zero-order valence-corrected chi connectivity index (χ0v) is 10.3. The van der Waals surface area contributed by atoms with E-state index < -0.39 is 0 Å². The summed E-state index contributed by atoms with van der Waals surface area (Å²) in [6, 6.07) is 11.9. The summed E-state index contributed by atoms with van der Waals surface area (Å²) in [6.07, 6.45) is 4.47. The lowest BCUT2D eigenvalue weighted by atomic mass is 10.2. The van der Waals surface area contributed by atoms with Gasteiger partial charge >= 0.3 is 0 Å². The molecule has 1 aliphatic rings. The predicted molar refractivity (Wildman–Crippen MR) is 71.0 cm³/mol. The Bertz CT molecular complexity index is 716. The number of nitrogens with zero attached hydrogens (tertiary/aromatic N) is 2. The molecule has 0 unspecified atom stereocenters. The molecule has 0 spiro atoms. The first-order valence-electron chi connectivity index (χ1n) is 6.36. The highest BCUT2D eigenvalue weighted by atomic mass is 15.1. The molecule has 3 aromatic rings. The number of hydrogen-bond donors (Lipinski definition) is 1. The maximum Gasteiger partial charge on any atom is 0.0671 e. The first kappa shape index (κ1) is 9.95. The maximum atomic E-state index is 4.07. The van der Waals surface area contributed by atoms with E-state index in [2.05, 4.69) is 52.0 Å². The second kappa shape index (κ2) is 3.48. The number of hydrogen-bond acceptors (Lipinski definition) is 1. The Hall–Kier alpha value is -2.03. The van der Waals surface area contributed by atoms with E-state index in [9.17, 15) is 0 Å². The van der Waals surface area contributed by atoms with Crippen molar-refractivity contribution in [2.75, 3.05) is 0 Å². The average Bonchev–Trinajstić information content (AvgIpc) is 2.99. The van der Waals surface area contributed by atoms with Crippen LogP contribution in [0.15, 0.2) is 30.5 Å². The Balaban J connectivity index is 1.92. The number of aryl methyl sites for hydroxylation is 1. The summed E-state index contributed by atoms with van der Waals surface area (Å²) >= 11 is 0. The van der Waals surface area contributed by atoms with Gasteiger partial charge in [0.1, 0.15) is 0 Å². The minimum Gasteiger partial charge on any atom is -0.317 e. The summed E-state index contributed by atoms with van der Waals surface area (Å²) in [7, 11) is 0. The van der Waals surface area contributed by atoms with Crippen LogP contribution in [-0.4, -0.2) is 14.8 Å². The summed E-state index contributed by atoms with van der Waals surface area (Å²) in [5.74, 6) is 0.729. The number of H-pyrrole nitrogens is 1. The van der Waals surface area contributed by atoms with E-state index in [1.165, 1.54) is 29.9 Å². The molecule has 1 N–H and O–H groups in total. The zero-order valence-electron chi connectivity index (χ0n) is 10.3. The monoisotopic (exact) mass is 236 g/mol. The van der Waals surface area contributed by atoms with Crippen LogP contribution in [0.3, 0.4) is 0 Å². The molecule has 1 saturated carbocycles. The first-order valence-corrected chi connectivity index (χ1v) is 6.36. The standard InChI is InChI=1S/C15H14N3/c1-10-2-7-15(11-3-4-11)18(10)13-6-5-12-9-16-17-14(12)8-13/h5-9,11H,3-4H2,1H3,(H,16,17). The van der Waals surface area contributed by atoms with E-state index in [1.807, 2.05) is 6.20 Å². The lowest BCUT2D eigenvalue weighted by Crippen LogP contribution is -2.00. The number of fused-ring (bicyclic) bond motifs is 1. The molecule has 2 aromatic heterocycles. The van der Waals surface area contributed by atoms with Crippen LogP contribution < -0.4 is 0 Å². The van der Waals surface area contributed by atoms with Gasteiger partial charge in [0.2, 0.25) is 0 Å². The van der Waals surface area contributed by atoms with Crippen molar-refractivity contribution < 1.29 is 0 Å². The minimum atomic E-state index is 0.729. The van der Waals surface area contributed by atoms with Crippen LogP contribution in [0.2, 0.25) is 0 Å². The van der Waals surface area contributed by atoms with Gasteiger partial charge in [0.05, 0.1) is 11.7 Å². The van der Waals surface area contributed by atoms with Crippen LogP contribution in [0.4, 0.5) is 0 Å². The summed E-state index contributed by atoms with van der Waals surface area (Å²) in [4.78, 5) is 0. The first-order chi connectivity index (χ1) is 8.83. The summed E-state index contributed by atoms with van der Waals surface area (Å²) in [5, 5.41) is 8.26. The minimum absolute atomic E-state index is 0.729. The van der Waals surface area contributed by atoms with Crippen molar-refractivity contribution in [3.8, 4) is 5.69 Å². The Morgan fingerprint density at radius 2 is 2.28 bits per heavy atom. The molecule has 0 bridgehead atoms. The van der Waals surface area contributed by atoms with E-state index in [1.54, 1.807) is 0 Å². The van der Waals surface area contributed by atoms with E-state index in [0.29, 0.717) is 0 Å². The van der Waals surface area contributed by atoms with Gasteiger partial charge in [0.25, 0.3) is 0 Å². The maximum absolute atomic E-state index is 4.07. The molecule has 0 amide bonds. The molecule has 1 aromatic carbocycles. The van der Waals surface area contributed by atoms with Crippen molar-refractivity contribution in [3.05, 3.63) is 47.9 Å². The fourth-order valence-electron chi connectivity index (χ4n) is 2.59. The highest BCUT2D eigenvalue weighted by Gasteiger charge is 2.27. The second-order valence-electron chi connectivity index (χ2n) is 5.05. The van der Waals surface area contributed by atoms with Gasteiger partial charge < -0.3 is 4.57 Å². The molecule has 2 heterocycles. The lowest BCUT2D eigenvalue weighted by molar-refractivity contribution is 0.898. The average molecular weight is 236 g/mol. The third kappa shape index (κ3) is 1.40. The van der Waals surface area contributed by atoms with Crippen LogP contribution in [0.5, 0.6) is 0 Å². The molecule has 3 nitrogen and oxygen atoms in total. The second-order valence-corrected chi connectivity index (χ2v) is 5.05. The van der Waals surface area contributed by atoms with E-state index in [-0.39, 0.29) is 0 Å². The zero-order chi connectivity index (χ0) is 12.1. The molecule has 1 fully saturated rings. The van der Waals surface area contributed by atoms with Crippen LogP contribution in [-0.2, 0) is 0 Å². The number of nitrogens with one attached hydrogen (secondary N) is 1. The van der Waals surface area contributed by atoms with Gasteiger partial charge in [-0.05, 0) is 49.9 Å². The molecule has 1 aliphatic carbocycles. The van der Waals surface area contributed by atoms with Gasteiger partial charge in [-0.3, -0.25) is 5.10 Å². The molecule has 89 valence electrons. The van der Waals surface area contributed by atoms with E-state index in [4.69, 9.17) is 0 Å². The van der Waals surface area contributed by atoms with Crippen LogP contribution in [0, 0.1) is 13.0 Å². The molecule has 3 heteroatoms. The molecule has 4 rings (SSSR count). The fourth-order valence-corrected chi connectivity index (χ4v) is 2.59. The third-order valence-corrected chi connectivity index (χ3v) is 3.70. The molecule has 0 aliphatic heterocycles. The molecule has 18 heavy (non-hydrogen) atoms. The van der Waals surface area contributed by atoms with Gasteiger partial charge in [-0.1, -0.05) is 0 Å². The third-order valence-electron chi connectivity index (χ3n) is 3.70. The normalized spacial score (nSPS) is 15.4. The van der Waals surface area contributed by atoms with E-state index >= 15 is 0 Å². The van der Waals surface area contributed by atoms with Crippen molar-refractivity contribution in [1.29, 1.82) is 0 Å². The summed E-state index contributed by atoms with van der Waals surface area (Å²) in [5.41, 5.74) is 4.86.